The van der Waals surface area contributed by atoms with Gasteiger partial charge in [-0.3, -0.25) is 4.79 Å². The lowest BCUT2D eigenvalue weighted by Gasteiger charge is -2.09. The molecule has 0 spiro atoms. The van der Waals surface area contributed by atoms with Gasteiger partial charge in [0.15, 0.2) is 5.65 Å². The van der Waals surface area contributed by atoms with Gasteiger partial charge in [-0.25, -0.2) is 4.98 Å². The summed E-state index contributed by atoms with van der Waals surface area (Å²) in [6, 6.07) is 19.2. The third-order valence-corrected chi connectivity index (χ3v) is 3.81. The molecule has 4 aromatic rings. The Labute approximate surface area is 125 Å². The molecule has 0 amide bonds. The van der Waals surface area contributed by atoms with Crippen molar-refractivity contribution in [2.24, 2.45) is 0 Å². The molecule has 0 unspecified atom stereocenters. The van der Waals surface area contributed by atoms with Crippen LogP contribution in [0.25, 0.3) is 32.9 Å². The molecule has 0 fully saturated rings. The zero-order valence-corrected chi connectivity index (χ0v) is 11.6. The van der Waals surface area contributed by atoms with Crippen LogP contribution in [0.2, 0.25) is 0 Å². The fourth-order valence-corrected chi connectivity index (χ4v) is 2.74. The number of benzene rings is 2. The quantitative estimate of drug-likeness (QED) is 0.546. The Morgan fingerprint density at radius 2 is 1.73 bits per heavy atom. The van der Waals surface area contributed by atoms with E-state index in [1.165, 1.54) is 6.07 Å². The van der Waals surface area contributed by atoms with E-state index < -0.39 is 5.56 Å². The summed E-state index contributed by atoms with van der Waals surface area (Å²) in [5.74, 6) is 0. The van der Waals surface area contributed by atoms with Crippen LogP contribution in [0.1, 0.15) is 0 Å². The highest BCUT2D eigenvalue weighted by molar-refractivity contribution is 5.96. The highest BCUT2D eigenvalue weighted by Gasteiger charge is 2.10. The lowest BCUT2D eigenvalue weighted by atomic mass is 9.99. The van der Waals surface area contributed by atoms with Crippen molar-refractivity contribution in [2.45, 2.75) is 0 Å². The second-order valence-corrected chi connectivity index (χ2v) is 5.14. The van der Waals surface area contributed by atoms with Crippen molar-refractivity contribution in [3.8, 4) is 11.1 Å². The molecule has 4 rings (SSSR count). The minimum absolute atomic E-state index is 0.262. The second-order valence-electron chi connectivity index (χ2n) is 5.14. The highest BCUT2D eigenvalue weighted by Crippen LogP contribution is 2.28. The number of hydrogen-bond donors (Lipinski definition) is 1. The van der Waals surface area contributed by atoms with Crippen molar-refractivity contribution in [3.05, 3.63) is 77.2 Å². The Morgan fingerprint density at radius 1 is 0.909 bits per heavy atom. The number of aromatic nitrogens is 2. The normalized spacial score (nSPS) is 11.1. The van der Waals surface area contributed by atoms with E-state index in [1.54, 1.807) is 12.3 Å². The van der Waals surface area contributed by atoms with Gasteiger partial charge in [-0.1, -0.05) is 36.4 Å². The minimum Gasteiger partial charge on any atom is -0.423 e. The third-order valence-electron chi connectivity index (χ3n) is 3.81. The molecule has 0 aliphatic heterocycles. The maximum Gasteiger partial charge on any atom is 0.285 e. The molecule has 106 valence electrons. The molecule has 4 nitrogen and oxygen atoms in total. The van der Waals surface area contributed by atoms with Crippen molar-refractivity contribution in [2.75, 3.05) is 0 Å². The van der Waals surface area contributed by atoms with E-state index in [1.807, 2.05) is 48.5 Å². The van der Waals surface area contributed by atoms with E-state index in [-0.39, 0.29) is 5.65 Å². The molecule has 2 heterocycles. The van der Waals surface area contributed by atoms with E-state index in [4.69, 9.17) is 0 Å². The molecule has 4 heteroatoms. The number of nitrogens with zero attached hydrogens (tertiary/aromatic N) is 2. The van der Waals surface area contributed by atoms with Crippen LogP contribution in [0.15, 0.2) is 71.7 Å². The van der Waals surface area contributed by atoms with Crippen LogP contribution >= 0.6 is 0 Å². The third kappa shape index (κ3) is 1.85. The molecule has 0 bridgehead atoms. The molecule has 0 aliphatic rings. The first kappa shape index (κ1) is 12.6. The zero-order chi connectivity index (χ0) is 15.1. The fourth-order valence-electron chi connectivity index (χ4n) is 2.74. The van der Waals surface area contributed by atoms with Crippen LogP contribution in [0, 0.1) is 0 Å². The predicted octanol–water partition coefficient (Wildman–Crippen LogP) is 3.45. The Kier molecular flexibility index (Phi) is 2.69. The predicted molar refractivity (Wildman–Crippen MR) is 86.1 cm³/mol. The lowest BCUT2D eigenvalue weighted by Crippen LogP contribution is -2.18. The molecular weight excluding hydrogens is 276 g/mol. The van der Waals surface area contributed by atoms with Crippen molar-refractivity contribution >= 4 is 21.8 Å². The van der Waals surface area contributed by atoms with Crippen LogP contribution in [0.3, 0.4) is 0 Å². The van der Waals surface area contributed by atoms with Gasteiger partial charge in [-0.2, -0.15) is 0 Å². The standard InChI is InChI=1S/C18H12N2O2/c21-17-11-16(15-6-3-9-19-18(15)20(17)22)14-8-7-12-4-1-2-5-13(12)10-14/h1-11,22H. The summed E-state index contributed by atoms with van der Waals surface area (Å²) in [5, 5.41) is 12.8. The molecule has 0 aliphatic carbocycles. The number of pyridine rings is 2. The second kappa shape index (κ2) is 4.70. The van der Waals surface area contributed by atoms with Gasteiger partial charge in [-0.15, -0.1) is 4.73 Å². The lowest BCUT2D eigenvalue weighted by molar-refractivity contribution is 0.187. The average molecular weight is 288 g/mol. The smallest absolute Gasteiger partial charge is 0.285 e. The highest BCUT2D eigenvalue weighted by atomic mass is 16.5. The number of hydrogen-bond acceptors (Lipinski definition) is 3. The fraction of sp³-hybridized carbons (Fsp3) is 0. The molecule has 0 radical (unpaired) electrons. The van der Waals surface area contributed by atoms with Crippen LogP contribution in [0.5, 0.6) is 0 Å². The van der Waals surface area contributed by atoms with Gasteiger partial charge in [0, 0.05) is 17.6 Å². The molecule has 0 atom stereocenters. The molecule has 1 N–H and O–H groups in total. The molecule has 2 aromatic carbocycles. The Morgan fingerprint density at radius 3 is 2.59 bits per heavy atom. The first-order valence-electron chi connectivity index (χ1n) is 6.93. The van der Waals surface area contributed by atoms with E-state index in [2.05, 4.69) is 4.98 Å². The molecule has 0 saturated carbocycles. The van der Waals surface area contributed by atoms with E-state index in [0.717, 1.165) is 27.3 Å². The van der Waals surface area contributed by atoms with Crippen LogP contribution in [0.4, 0.5) is 0 Å². The van der Waals surface area contributed by atoms with Gasteiger partial charge in [-0.05, 0) is 40.1 Å². The van der Waals surface area contributed by atoms with Crippen LogP contribution in [-0.2, 0) is 0 Å². The summed E-state index contributed by atoms with van der Waals surface area (Å²) >= 11 is 0. The van der Waals surface area contributed by atoms with Gasteiger partial charge >= 0.3 is 0 Å². The van der Waals surface area contributed by atoms with Gasteiger partial charge in [0.1, 0.15) is 0 Å². The van der Waals surface area contributed by atoms with Crippen LogP contribution in [-0.4, -0.2) is 14.9 Å². The first-order chi connectivity index (χ1) is 10.7. The van der Waals surface area contributed by atoms with Gasteiger partial charge in [0.25, 0.3) is 5.56 Å². The van der Waals surface area contributed by atoms with E-state index >= 15 is 0 Å². The number of rotatable bonds is 1. The van der Waals surface area contributed by atoms with Crippen molar-refractivity contribution in [3.63, 3.8) is 0 Å². The Bertz CT molecular complexity index is 1070. The Balaban J connectivity index is 2.08. The summed E-state index contributed by atoms with van der Waals surface area (Å²) in [6.07, 6.45) is 1.55. The summed E-state index contributed by atoms with van der Waals surface area (Å²) in [4.78, 5) is 16.1. The van der Waals surface area contributed by atoms with E-state index in [0.29, 0.717) is 4.73 Å². The SMILES string of the molecule is O=c1cc(-c2ccc3ccccc3c2)c2cccnc2n1O. The van der Waals surface area contributed by atoms with Gasteiger partial charge in [0.05, 0.1) is 0 Å². The monoisotopic (exact) mass is 288 g/mol. The summed E-state index contributed by atoms with van der Waals surface area (Å²) in [7, 11) is 0. The molecule has 2 aromatic heterocycles. The van der Waals surface area contributed by atoms with Crippen molar-refractivity contribution < 1.29 is 5.21 Å². The molecule has 22 heavy (non-hydrogen) atoms. The zero-order valence-electron chi connectivity index (χ0n) is 11.6. The number of fused-ring (bicyclic) bond motifs is 2. The summed E-state index contributed by atoms with van der Waals surface area (Å²) in [6.45, 7) is 0. The van der Waals surface area contributed by atoms with Crippen molar-refractivity contribution in [1.82, 2.24) is 9.71 Å². The first-order valence-corrected chi connectivity index (χ1v) is 6.93. The summed E-state index contributed by atoms with van der Waals surface area (Å²) < 4.78 is 0.583. The molecule has 0 saturated heterocycles. The van der Waals surface area contributed by atoms with Crippen LogP contribution < -0.4 is 5.56 Å². The summed E-state index contributed by atoms with van der Waals surface area (Å²) in [5.41, 5.74) is 1.46. The minimum atomic E-state index is -0.491. The van der Waals surface area contributed by atoms with Gasteiger partial charge < -0.3 is 5.21 Å². The average Bonchev–Trinajstić information content (AvgIpc) is 2.58. The largest absolute Gasteiger partial charge is 0.423 e. The van der Waals surface area contributed by atoms with Gasteiger partial charge in [0.2, 0.25) is 0 Å². The molecular formula is C18H12N2O2. The maximum atomic E-state index is 12.0. The maximum absolute atomic E-state index is 12.0. The topological polar surface area (TPSA) is 55.1 Å². The van der Waals surface area contributed by atoms with E-state index in [9.17, 15) is 10.0 Å². The Hall–Kier alpha value is -3.14. The van der Waals surface area contributed by atoms with Crippen molar-refractivity contribution in [1.29, 1.82) is 0 Å².